The van der Waals surface area contributed by atoms with Crippen molar-refractivity contribution < 1.29 is 22.0 Å². The van der Waals surface area contributed by atoms with Crippen molar-refractivity contribution >= 4 is 13.5 Å². The van der Waals surface area contributed by atoms with Crippen molar-refractivity contribution in [1.82, 2.24) is 5.32 Å². The lowest BCUT2D eigenvalue weighted by Crippen LogP contribution is -2.48. The quantitative estimate of drug-likeness (QED) is 0.280. The van der Waals surface area contributed by atoms with E-state index in [1.54, 1.807) is 0 Å². The van der Waals surface area contributed by atoms with E-state index in [-0.39, 0.29) is 10.8 Å². The molecule has 124 valence electrons. The molecule has 1 aliphatic rings. The molecule has 2 nitrogen and oxygen atoms in total. The van der Waals surface area contributed by atoms with Gasteiger partial charge in [0, 0.05) is 10.8 Å². The highest BCUT2D eigenvalue weighted by Crippen LogP contribution is 2.37. The van der Waals surface area contributed by atoms with Crippen LogP contribution in [0.3, 0.4) is 0 Å². The molecule has 2 rings (SSSR count). The third kappa shape index (κ3) is 2.59. The zero-order valence-corrected chi connectivity index (χ0v) is 14.0. The number of fused-ring (bicyclic) bond motifs is 1. The summed E-state index contributed by atoms with van der Waals surface area (Å²) >= 11 is 0. The van der Waals surface area contributed by atoms with Gasteiger partial charge in [0.1, 0.15) is 6.23 Å². The second-order valence-corrected chi connectivity index (χ2v) is 9.69. The fraction of sp³-hybridized carbons (Fsp3) is 0.600. The SMILES string of the molecule is CCCCNC1O[Si](CC)(CC)c2c(F)c(F)c(F)c(F)c21. The van der Waals surface area contributed by atoms with Gasteiger partial charge in [-0.15, -0.1) is 0 Å². The maximum Gasteiger partial charge on any atom is 0.229 e. The van der Waals surface area contributed by atoms with E-state index in [0.717, 1.165) is 12.8 Å². The Kier molecular flexibility index (Phi) is 5.29. The standard InChI is InChI=1S/C15H21F4NOSi/c1-4-7-8-20-15-9-10(16)11(17)12(18)13(19)14(9)22(5-2,6-3)21-15/h15,20H,4-8H2,1-3H3. The van der Waals surface area contributed by atoms with E-state index in [9.17, 15) is 17.6 Å². The summed E-state index contributed by atoms with van der Waals surface area (Å²) in [5.41, 5.74) is -0.178. The Morgan fingerprint density at radius 3 is 2.09 bits per heavy atom. The van der Waals surface area contributed by atoms with Crippen LogP contribution in [0.2, 0.25) is 12.1 Å². The van der Waals surface area contributed by atoms with Gasteiger partial charge in [0.15, 0.2) is 23.3 Å². The van der Waals surface area contributed by atoms with Crippen LogP contribution < -0.4 is 10.5 Å². The summed E-state index contributed by atoms with van der Waals surface area (Å²) in [5.74, 6) is -6.13. The molecule has 0 saturated heterocycles. The van der Waals surface area contributed by atoms with Crippen molar-refractivity contribution in [2.24, 2.45) is 0 Å². The van der Waals surface area contributed by atoms with Crippen molar-refractivity contribution in [3.63, 3.8) is 0 Å². The summed E-state index contributed by atoms with van der Waals surface area (Å²) in [7, 11) is -2.84. The number of hydrogen-bond donors (Lipinski definition) is 1. The predicted octanol–water partition coefficient (Wildman–Crippen LogP) is 3.85. The molecule has 0 fully saturated rings. The normalized spacial score (nSPS) is 19.5. The maximum atomic E-state index is 14.3. The third-order valence-corrected chi connectivity index (χ3v) is 8.74. The number of nitrogens with one attached hydrogen (secondary N) is 1. The molecule has 22 heavy (non-hydrogen) atoms. The zero-order valence-electron chi connectivity index (χ0n) is 13.0. The minimum atomic E-state index is -2.84. The van der Waals surface area contributed by atoms with Crippen molar-refractivity contribution in [2.45, 2.75) is 51.9 Å². The van der Waals surface area contributed by atoms with Crippen LogP contribution in [-0.2, 0) is 4.43 Å². The van der Waals surface area contributed by atoms with Gasteiger partial charge in [0.05, 0.1) is 0 Å². The molecule has 1 heterocycles. The first-order chi connectivity index (χ1) is 10.4. The largest absolute Gasteiger partial charge is 0.393 e. The Hall–Kier alpha value is -0.923. The summed E-state index contributed by atoms with van der Waals surface area (Å²) in [5, 5.41) is 2.94. The number of unbranched alkanes of at least 4 members (excludes halogenated alkanes) is 1. The van der Waals surface area contributed by atoms with Gasteiger partial charge in [-0.1, -0.05) is 27.2 Å². The Labute approximate surface area is 129 Å². The number of hydrogen-bond acceptors (Lipinski definition) is 2. The topological polar surface area (TPSA) is 21.3 Å². The highest BCUT2D eigenvalue weighted by molar-refractivity contribution is 6.87. The Morgan fingerprint density at radius 2 is 1.55 bits per heavy atom. The van der Waals surface area contributed by atoms with Gasteiger partial charge in [0.2, 0.25) is 8.32 Å². The van der Waals surface area contributed by atoms with Gasteiger partial charge in [-0.05, 0) is 25.1 Å². The number of rotatable bonds is 6. The molecule has 0 aliphatic carbocycles. The van der Waals surface area contributed by atoms with Gasteiger partial charge in [-0.3, -0.25) is 5.32 Å². The van der Waals surface area contributed by atoms with Gasteiger partial charge in [0.25, 0.3) is 0 Å². The van der Waals surface area contributed by atoms with Crippen LogP contribution in [0.4, 0.5) is 17.6 Å². The van der Waals surface area contributed by atoms with Crippen molar-refractivity contribution in [1.29, 1.82) is 0 Å². The van der Waals surface area contributed by atoms with E-state index >= 15 is 0 Å². The average molecular weight is 335 g/mol. The number of benzene rings is 1. The average Bonchev–Trinajstić information content (AvgIpc) is 2.86. The van der Waals surface area contributed by atoms with E-state index in [1.807, 2.05) is 20.8 Å². The molecule has 0 amide bonds. The van der Waals surface area contributed by atoms with E-state index in [0.29, 0.717) is 18.6 Å². The van der Waals surface area contributed by atoms with E-state index < -0.39 is 37.8 Å². The first-order valence-corrected chi connectivity index (χ1v) is 10.0. The van der Waals surface area contributed by atoms with E-state index in [4.69, 9.17) is 4.43 Å². The van der Waals surface area contributed by atoms with Crippen molar-refractivity contribution in [2.75, 3.05) is 6.54 Å². The minimum absolute atomic E-state index is 0.0529. The molecule has 0 radical (unpaired) electrons. The lowest BCUT2D eigenvalue weighted by molar-refractivity contribution is 0.165. The molecule has 1 aromatic rings. The fourth-order valence-electron chi connectivity index (χ4n) is 3.01. The second kappa shape index (κ2) is 6.68. The van der Waals surface area contributed by atoms with Crippen LogP contribution in [0, 0.1) is 23.3 Å². The molecule has 1 N–H and O–H groups in total. The van der Waals surface area contributed by atoms with Crippen LogP contribution in [-0.4, -0.2) is 14.9 Å². The molecule has 1 aliphatic heterocycles. The summed E-state index contributed by atoms with van der Waals surface area (Å²) in [6, 6.07) is 0.952. The lowest BCUT2D eigenvalue weighted by Gasteiger charge is -2.25. The Morgan fingerprint density at radius 1 is 0.955 bits per heavy atom. The van der Waals surface area contributed by atoms with Crippen LogP contribution in [0.5, 0.6) is 0 Å². The third-order valence-electron chi connectivity index (χ3n) is 4.37. The molecule has 0 aromatic heterocycles. The summed E-state index contributed by atoms with van der Waals surface area (Å²) in [6.45, 7) is 6.16. The zero-order chi connectivity index (χ0) is 16.5. The molecular formula is C15H21F4NOSi. The van der Waals surface area contributed by atoms with Crippen molar-refractivity contribution in [3.05, 3.63) is 28.8 Å². The summed E-state index contributed by atoms with van der Waals surface area (Å²) in [6.07, 6.45) is 0.846. The second-order valence-electron chi connectivity index (χ2n) is 5.55. The summed E-state index contributed by atoms with van der Waals surface area (Å²) < 4.78 is 61.8. The lowest BCUT2D eigenvalue weighted by atomic mass is 10.1. The monoisotopic (exact) mass is 335 g/mol. The highest BCUT2D eigenvalue weighted by Gasteiger charge is 2.50. The van der Waals surface area contributed by atoms with Crippen LogP contribution in [0.1, 0.15) is 45.4 Å². The van der Waals surface area contributed by atoms with Gasteiger partial charge >= 0.3 is 0 Å². The molecule has 0 saturated carbocycles. The van der Waals surface area contributed by atoms with Crippen LogP contribution in [0.15, 0.2) is 0 Å². The maximum absolute atomic E-state index is 14.3. The Balaban J connectivity index is 2.57. The van der Waals surface area contributed by atoms with Gasteiger partial charge in [-0.2, -0.15) is 0 Å². The predicted molar refractivity (Wildman–Crippen MR) is 79.4 cm³/mol. The molecule has 7 heteroatoms. The minimum Gasteiger partial charge on any atom is -0.393 e. The molecule has 0 spiro atoms. The molecule has 1 unspecified atom stereocenters. The fourth-order valence-corrected chi connectivity index (χ4v) is 6.56. The Bertz CT molecular complexity index is 563. The summed E-state index contributed by atoms with van der Waals surface area (Å²) in [4.78, 5) is 0. The molecule has 0 bridgehead atoms. The first kappa shape index (κ1) is 17.4. The van der Waals surface area contributed by atoms with E-state index in [2.05, 4.69) is 5.32 Å². The van der Waals surface area contributed by atoms with Crippen LogP contribution in [0.25, 0.3) is 0 Å². The number of halogens is 4. The van der Waals surface area contributed by atoms with Crippen LogP contribution >= 0.6 is 0 Å². The van der Waals surface area contributed by atoms with Gasteiger partial charge in [-0.25, -0.2) is 17.6 Å². The first-order valence-electron chi connectivity index (χ1n) is 7.71. The van der Waals surface area contributed by atoms with Crippen molar-refractivity contribution in [3.8, 4) is 0 Å². The van der Waals surface area contributed by atoms with E-state index in [1.165, 1.54) is 0 Å². The molecule has 1 aromatic carbocycles. The van der Waals surface area contributed by atoms with Gasteiger partial charge < -0.3 is 4.43 Å². The highest BCUT2D eigenvalue weighted by atomic mass is 28.4. The smallest absolute Gasteiger partial charge is 0.229 e. The molecule has 1 atom stereocenters. The molecular weight excluding hydrogens is 314 g/mol.